The van der Waals surface area contributed by atoms with Crippen LogP contribution in [0.2, 0.25) is 0 Å². The highest BCUT2D eigenvalue weighted by molar-refractivity contribution is 5.36. The summed E-state index contributed by atoms with van der Waals surface area (Å²) in [5.74, 6) is -4.85. The third-order valence-corrected chi connectivity index (χ3v) is 5.27. The van der Waals surface area contributed by atoms with Crippen LogP contribution in [0.3, 0.4) is 0 Å². The smallest absolute Gasteiger partial charge is 0.288 e. The molecule has 1 aromatic rings. The lowest BCUT2D eigenvalue weighted by atomic mass is 9.33. The Hall–Kier alpha value is -1.10. The molecule has 3 saturated carbocycles. The maximum absolute atomic E-state index is 14.9. The second-order valence-electron chi connectivity index (χ2n) is 6.94. The zero-order valence-corrected chi connectivity index (χ0v) is 11.0. The number of ether oxygens (including phenoxy) is 1. The summed E-state index contributed by atoms with van der Waals surface area (Å²) in [4.78, 5) is 0. The lowest BCUT2D eigenvalue weighted by Crippen LogP contribution is -2.71. The Morgan fingerprint density at radius 3 is 2.20 bits per heavy atom. The molecule has 1 atom stereocenters. The molecule has 3 aliphatic carbocycles. The topological polar surface area (TPSA) is 12.5 Å². The van der Waals surface area contributed by atoms with Crippen LogP contribution in [0.5, 0.6) is 0 Å². The second kappa shape index (κ2) is 3.21. The minimum atomic E-state index is -3.11. The SMILES string of the molecule is CC12CC(C(F)(F)C3(c4ccc(F)cc4F)CO3)(C1)C2. The van der Waals surface area contributed by atoms with Crippen molar-refractivity contribution in [3.05, 3.63) is 35.4 Å². The van der Waals surface area contributed by atoms with Crippen LogP contribution in [0.25, 0.3) is 0 Å². The summed E-state index contributed by atoms with van der Waals surface area (Å²) in [7, 11) is 0. The zero-order chi connectivity index (χ0) is 14.4. The van der Waals surface area contributed by atoms with Crippen molar-refractivity contribution in [3.8, 4) is 0 Å². The molecular weight excluding hydrogens is 272 g/mol. The molecule has 0 N–H and O–H groups in total. The standard InChI is InChI=1S/C15H14F4O/c1-12-5-13(6-12,7-12)15(18,19)14(8-20-14)10-3-2-9(16)4-11(10)17/h2-4H,5-8H2,1H3. The average Bonchev–Trinajstić information content (AvgIpc) is 3.04. The van der Waals surface area contributed by atoms with E-state index in [0.29, 0.717) is 25.3 Å². The Bertz CT molecular complexity index is 586. The summed E-state index contributed by atoms with van der Waals surface area (Å²) in [6.07, 6.45) is 1.38. The molecule has 5 heteroatoms. The summed E-state index contributed by atoms with van der Waals surface area (Å²) in [6.45, 7) is 1.78. The van der Waals surface area contributed by atoms with E-state index < -0.39 is 28.6 Å². The van der Waals surface area contributed by atoms with Gasteiger partial charge in [0.15, 0.2) is 5.60 Å². The molecule has 4 fully saturated rings. The van der Waals surface area contributed by atoms with Crippen molar-refractivity contribution >= 4 is 0 Å². The molecule has 4 aliphatic rings. The van der Waals surface area contributed by atoms with E-state index >= 15 is 0 Å². The van der Waals surface area contributed by atoms with Gasteiger partial charge in [-0.05, 0) is 36.8 Å². The van der Waals surface area contributed by atoms with Gasteiger partial charge in [0.2, 0.25) is 0 Å². The highest BCUT2D eigenvalue weighted by atomic mass is 19.3. The Labute approximate surface area is 113 Å². The van der Waals surface area contributed by atoms with Crippen molar-refractivity contribution < 1.29 is 22.3 Å². The van der Waals surface area contributed by atoms with Gasteiger partial charge in [0, 0.05) is 17.0 Å². The van der Waals surface area contributed by atoms with Crippen LogP contribution in [0, 0.1) is 22.5 Å². The van der Waals surface area contributed by atoms with E-state index in [0.717, 1.165) is 12.1 Å². The van der Waals surface area contributed by atoms with Gasteiger partial charge < -0.3 is 4.74 Å². The van der Waals surface area contributed by atoms with Gasteiger partial charge in [-0.2, -0.15) is 0 Å². The lowest BCUT2D eigenvalue weighted by Gasteiger charge is -2.72. The summed E-state index contributed by atoms with van der Waals surface area (Å²) < 4.78 is 61.6. The number of benzene rings is 1. The van der Waals surface area contributed by atoms with Crippen molar-refractivity contribution in [2.24, 2.45) is 10.8 Å². The molecule has 1 heterocycles. The van der Waals surface area contributed by atoms with E-state index in [1.807, 2.05) is 6.92 Å². The number of alkyl halides is 2. The molecular formula is C15H14F4O. The number of hydrogen-bond donors (Lipinski definition) is 0. The van der Waals surface area contributed by atoms with Gasteiger partial charge in [-0.3, -0.25) is 0 Å². The Morgan fingerprint density at radius 1 is 1.15 bits per heavy atom. The number of rotatable bonds is 3. The third-order valence-electron chi connectivity index (χ3n) is 5.27. The molecule has 0 amide bonds. The molecule has 0 spiro atoms. The van der Waals surface area contributed by atoms with Crippen LogP contribution in [0.15, 0.2) is 18.2 Å². The highest BCUT2D eigenvalue weighted by Gasteiger charge is 2.83. The first-order valence-electron chi connectivity index (χ1n) is 6.71. The van der Waals surface area contributed by atoms with Crippen molar-refractivity contribution in [2.75, 3.05) is 6.61 Å². The van der Waals surface area contributed by atoms with E-state index in [-0.39, 0.29) is 17.6 Å². The van der Waals surface area contributed by atoms with Gasteiger partial charge in [0.1, 0.15) is 11.6 Å². The summed E-state index contributed by atoms with van der Waals surface area (Å²) in [5, 5.41) is 0. The number of hydrogen-bond acceptors (Lipinski definition) is 1. The first-order chi connectivity index (χ1) is 9.24. The van der Waals surface area contributed by atoms with E-state index in [4.69, 9.17) is 4.74 Å². The first-order valence-corrected chi connectivity index (χ1v) is 6.71. The van der Waals surface area contributed by atoms with Crippen molar-refractivity contribution in [1.82, 2.24) is 0 Å². The van der Waals surface area contributed by atoms with Gasteiger partial charge in [0.05, 0.1) is 6.61 Å². The quantitative estimate of drug-likeness (QED) is 0.604. The fourth-order valence-electron chi connectivity index (χ4n) is 4.45. The van der Waals surface area contributed by atoms with Crippen molar-refractivity contribution in [2.45, 2.75) is 37.7 Å². The maximum Gasteiger partial charge on any atom is 0.288 e. The van der Waals surface area contributed by atoms with Crippen LogP contribution < -0.4 is 0 Å². The van der Waals surface area contributed by atoms with E-state index in [1.54, 1.807) is 0 Å². The normalized spacial score (nSPS) is 41.9. The van der Waals surface area contributed by atoms with Crippen LogP contribution in [0.1, 0.15) is 31.7 Å². The fourth-order valence-corrected chi connectivity index (χ4v) is 4.45. The molecule has 20 heavy (non-hydrogen) atoms. The van der Waals surface area contributed by atoms with Gasteiger partial charge >= 0.3 is 0 Å². The van der Waals surface area contributed by atoms with Crippen LogP contribution in [0.4, 0.5) is 17.6 Å². The molecule has 5 rings (SSSR count). The Balaban J connectivity index is 1.74. The van der Waals surface area contributed by atoms with Gasteiger partial charge in [-0.25, -0.2) is 17.6 Å². The molecule has 1 unspecified atom stereocenters. The first kappa shape index (κ1) is 12.6. The zero-order valence-electron chi connectivity index (χ0n) is 11.0. The highest BCUT2D eigenvalue weighted by Crippen LogP contribution is 2.81. The minimum Gasteiger partial charge on any atom is -0.358 e. The van der Waals surface area contributed by atoms with E-state index in [9.17, 15) is 17.6 Å². The molecule has 0 radical (unpaired) electrons. The van der Waals surface area contributed by atoms with Crippen molar-refractivity contribution in [3.63, 3.8) is 0 Å². The average molecular weight is 286 g/mol. The van der Waals surface area contributed by atoms with Crippen LogP contribution in [-0.4, -0.2) is 12.5 Å². The number of halogens is 4. The second-order valence-corrected chi connectivity index (χ2v) is 6.94. The van der Waals surface area contributed by atoms with Crippen molar-refractivity contribution in [1.29, 1.82) is 0 Å². The van der Waals surface area contributed by atoms with Crippen LogP contribution >= 0.6 is 0 Å². The molecule has 1 nitrogen and oxygen atoms in total. The summed E-state index contributed by atoms with van der Waals surface area (Å²) in [5.41, 5.74) is -3.15. The molecule has 1 aromatic carbocycles. The fraction of sp³-hybridized carbons (Fsp3) is 0.600. The van der Waals surface area contributed by atoms with Gasteiger partial charge in [-0.1, -0.05) is 6.92 Å². The largest absolute Gasteiger partial charge is 0.358 e. The predicted octanol–water partition coefficient (Wildman–Crippen LogP) is 4.02. The van der Waals surface area contributed by atoms with Crippen LogP contribution in [-0.2, 0) is 10.3 Å². The molecule has 1 aliphatic heterocycles. The Morgan fingerprint density at radius 2 is 1.75 bits per heavy atom. The summed E-state index contributed by atoms with van der Waals surface area (Å²) in [6, 6.07) is 2.72. The molecule has 2 bridgehead atoms. The van der Waals surface area contributed by atoms with E-state index in [2.05, 4.69) is 0 Å². The van der Waals surface area contributed by atoms with Gasteiger partial charge in [0.25, 0.3) is 5.92 Å². The maximum atomic E-state index is 14.9. The lowest BCUT2D eigenvalue weighted by molar-refractivity contribution is -0.330. The summed E-state index contributed by atoms with van der Waals surface area (Å²) >= 11 is 0. The molecule has 1 saturated heterocycles. The minimum absolute atomic E-state index is 0.0286. The predicted molar refractivity (Wildman–Crippen MR) is 63.3 cm³/mol. The molecule has 108 valence electrons. The number of epoxide rings is 1. The van der Waals surface area contributed by atoms with E-state index in [1.165, 1.54) is 0 Å². The Kier molecular flexibility index (Phi) is 2.03. The third kappa shape index (κ3) is 1.23. The molecule has 0 aromatic heterocycles. The van der Waals surface area contributed by atoms with Gasteiger partial charge in [-0.15, -0.1) is 0 Å². The monoisotopic (exact) mass is 286 g/mol.